The van der Waals surface area contributed by atoms with Gasteiger partial charge >= 0.3 is 0 Å². The van der Waals surface area contributed by atoms with Gasteiger partial charge in [-0.1, -0.05) is 49.2 Å². The topological polar surface area (TPSA) is 53.1 Å². The summed E-state index contributed by atoms with van der Waals surface area (Å²) in [4.78, 5) is 32.0. The summed E-state index contributed by atoms with van der Waals surface area (Å²) in [5.41, 5.74) is 3.29. The Labute approximate surface area is 200 Å². The summed E-state index contributed by atoms with van der Waals surface area (Å²) < 4.78 is 5.87. The number of carbonyl (C=O) groups is 2. The molecule has 2 aliphatic rings. The van der Waals surface area contributed by atoms with E-state index in [0.29, 0.717) is 18.2 Å². The number of nitrogens with zero attached hydrogens (tertiary/aromatic N) is 3. The monoisotopic (exact) mass is 465 g/mol. The molecule has 2 fully saturated rings. The third kappa shape index (κ3) is 5.78. The van der Waals surface area contributed by atoms with Crippen molar-refractivity contribution in [3.63, 3.8) is 0 Å². The van der Waals surface area contributed by atoms with Gasteiger partial charge in [-0.25, -0.2) is 0 Å². The van der Waals surface area contributed by atoms with E-state index in [4.69, 9.17) is 4.74 Å². The fraction of sp³-hybridized carbons (Fsp3) is 0.385. The van der Waals surface area contributed by atoms with E-state index in [2.05, 4.69) is 47.9 Å². The van der Waals surface area contributed by atoms with Crippen molar-refractivity contribution >= 4 is 34.7 Å². The van der Waals surface area contributed by atoms with Crippen molar-refractivity contribution in [3.05, 3.63) is 64.6 Å². The lowest BCUT2D eigenvalue weighted by Crippen LogP contribution is -2.50. The lowest BCUT2D eigenvalue weighted by Gasteiger charge is -2.37. The van der Waals surface area contributed by atoms with Crippen LogP contribution in [0, 0.1) is 6.92 Å². The molecule has 2 aliphatic heterocycles. The molecule has 0 unspecified atom stereocenters. The van der Waals surface area contributed by atoms with Crippen LogP contribution in [-0.4, -0.2) is 60.4 Å². The zero-order valence-electron chi connectivity index (χ0n) is 19.3. The number of imide groups is 1. The van der Waals surface area contributed by atoms with Gasteiger partial charge in [0, 0.05) is 37.4 Å². The van der Waals surface area contributed by atoms with Gasteiger partial charge in [0.05, 0.1) is 18.2 Å². The average Bonchev–Trinajstić information content (AvgIpc) is 3.09. The number of aryl methyl sites for hydroxylation is 1. The summed E-state index contributed by atoms with van der Waals surface area (Å²) in [7, 11) is 0. The number of hydrogen-bond donors (Lipinski definition) is 0. The fourth-order valence-corrected chi connectivity index (χ4v) is 4.75. The minimum atomic E-state index is -0.227. The van der Waals surface area contributed by atoms with Crippen LogP contribution in [0.15, 0.2) is 53.4 Å². The van der Waals surface area contributed by atoms with Gasteiger partial charge in [-0.15, -0.1) is 0 Å². The number of benzene rings is 2. The number of anilines is 1. The Hall–Kier alpha value is -2.77. The lowest BCUT2D eigenvalue weighted by atomic mass is 10.2. The van der Waals surface area contributed by atoms with Crippen LogP contribution < -0.4 is 9.64 Å². The Morgan fingerprint density at radius 1 is 1.00 bits per heavy atom. The van der Waals surface area contributed by atoms with Crippen LogP contribution in [0.5, 0.6) is 5.75 Å². The van der Waals surface area contributed by atoms with Crippen LogP contribution >= 0.6 is 11.8 Å². The molecule has 0 bridgehead atoms. The highest BCUT2D eigenvalue weighted by Crippen LogP contribution is 2.34. The van der Waals surface area contributed by atoms with Crippen molar-refractivity contribution in [3.8, 4) is 5.75 Å². The first kappa shape index (κ1) is 23.4. The molecule has 0 atom stereocenters. The zero-order valence-corrected chi connectivity index (χ0v) is 20.1. The smallest absolute Gasteiger partial charge is 0.294 e. The normalized spacial score (nSPS) is 18.4. The molecule has 174 valence electrons. The Balaban J connectivity index is 1.37. The van der Waals surface area contributed by atoms with Crippen molar-refractivity contribution in [1.82, 2.24) is 9.80 Å². The van der Waals surface area contributed by atoms with Crippen LogP contribution in [0.3, 0.4) is 0 Å². The van der Waals surface area contributed by atoms with Gasteiger partial charge in [0.15, 0.2) is 0 Å². The first-order valence-electron chi connectivity index (χ1n) is 11.6. The summed E-state index contributed by atoms with van der Waals surface area (Å²) in [6, 6.07) is 16.2. The number of thioether (sulfide) groups is 1. The second-order valence-electron chi connectivity index (χ2n) is 8.43. The second-order valence-corrected chi connectivity index (χ2v) is 9.42. The summed E-state index contributed by atoms with van der Waals surface area (Å²) >= 11 is 1.01. The quantitative estimate of drug-likeness (QED) is 0.404. The summed E-state index contributed by atoms with van der Waals surface area (Å²) in [6.45, 7) is 8.54. The molecular weight excluding hydrogens is 434 g/mol. The molecule has 4 rings (SSSR count). The van der Waals surface area contributed by atoms with Crippen LogP contribution in [-0.2, 0) is 4.79 Å². The standard InChI is InChI=1S/C26H31N3O3S/c1-3-4-17-32-23-8-6-5-7-21(23)18-24-25(30)29(26(31)33-24)19-27-13-15-28(16-14-27)22-11-9-20(2)10-12-22/h5-12,18H,3-4,13-17,19H2,1-2H3/b24-18+. The molecule has 0 saturated carbocycles. The number of carbonyl (C=O) groups excluding carboxylic acids is 2. The van der Waals surface area contributed by atoms with E-state index in [1.165, 1.54) is 16.2 Å². The number of unbranched alkanes of at least 4 members (excludes halogenated alkanes) is 1. The van der Waals surface area contributed by atoms with Crippen LogP contribution in [0.4, 0.5) is 10.5 Å². The van der Waals surface area contributed by atoms with Crippen molar-refractivity contribution in [2.45, 2.75) is 26.7 Å². The van der Waals surface area contributed by atoms with Gasteiger partial charge in [-0.3, -0.25) is 19.4 Å². The maximum Gasteiger partial charge on any atom is 0.294 e. The Kier molecular flexibility index (Phi) is 7.73. The molecule has 0 aromatic heterocycles. The summed E-state index contributed by atoms with van der Waals surface area (Å²) in [6.07, 6.45) is 3.81. The molecule has 0 radical (unpaired) electrons. The highest BCUT2D eigenvalue weighted by molar-refractivity contribution is 8.18. The molecule has 0 spiro atoms. The minimum absolute atomic E-state index is 0.211. The SMILES string of the molecule is CCCCOc1ccccc1/C=C1/SC(=O)N(CN2CCN(c3ccc(C)cc3)CC2)C1=O. The molecule has 2 aromatic rings. The van der Waals surface area contributed by atoms with E-state index >= 15 is 0 Å². The predicted molar refractivity (Wildman–Crippen MR) is 134 cm³/mol. The van der Waals surface area contributed by atoms with E-state index in [0.717, 1.165) is 62.1 Å². The molecule has 2 saturated heterocycles. The van der Waals surface area contributed by atoms with Crippen molar-refractivity contribution in [2.24, 2.45) is 0 Å². The van der Waals surface area contributed by atoms with E-state index in [1.54, 1.807) is 6.08 Å². The van der Waals surface area contributed by atoms with Crippen LogP contribution in [0.2, 0.25) is 0 Å². The van der Waals surface area contributed by atoms with Gasteiger partial charge in [0.1, 0.15) is 5.75 Å². The number of rotatable bonds is 8. The van der Waals surface area contributed by atoms with E-state index < -0.39 is 0 Å². The molecule has 2 aromatic carbocycles. The molecule has 2 heterocycles. The van der Waals surface area contributed by atoms with E-state index in [1.807, 2.05) is 24.3 Å². The molecule has 2 amide bonds. The molecule has 33 heavy (non-hydrogen) atoms. The van der Waals surface area contributed by atoms with E-state index in [-0.39, 0.29) is 11.1 Å². The van der Waals surface area contributed by atoms with E-state index in [9.17, 15) is 9.59 Å². The maximum atomic E-state index is 13.0. The average molecular weight is 466 g/mol. The van der Waals surface area contributed by atoms with Crippen molar-refractivity contribution in [1.29, 1.82) is 0 Å². The van der Waals surface area contributed by atoms with Gasteiger partial charge in [-0.05, 0) is 49.4 Å². The van der Waals surface area contributed by atoms with Crippen molar-refractivity contribution < 1.29 is 14.3 Å². The summed E-state index contributed by atoms with van der Waals surface area (Å²) in [5, 5.41) is -0.211. The first-order chi connectivity index (χ1) is 16.0. The largest absolute Gasteiger partial charge is 0.493 e. The van der Waals surface area contributed by atoms with Crippen molar-refractivity contribution in [2.75, 3.05) is 44.4 Å². The second kappa shape index (κ2) is 10.9. The number of amides is 2. The maximum absolute atomic E-state index is 13.0. The van der Waals surface area contributed by atoms with Gasteiger partial charge in [-0.2, -0.15) is 0 Å². The molecule has 0 aliphatic carbocycles. The molecule has 6 nitrogen and oxygen atoms in total. The number of ether oxygens (including phenoxy) is 1. The lowest BCUT2D eigenvalue weighted by molar-refractivity contribution is -0.124. The highest BCUT2D eigenvalue weighted by atomic mass is 32.2. The Morgan fingerprint density at radius 2 is 1.73 bits per heavy atom. The number of hydrogen-bond acceptors (Lipinski definition) is 6. The summed E-state index contributed by atoms with van der Waals surface area (Å²) in [5.74, 6) is 0.513. The fourth-order valence-electron chi connectivity index (χ4n) is 3.92. The molecule has 7 heteroatoms. The third-order valence-corrected chi connectivity index (χ3v) is 6.85. The third-order valence-electron chi connectivity index (χ3n) is 5.95. The minimum Gasteiger partial charge on any atom is -0.493 e. The molecular formula is C26H31N3O3S. The highest BCUT2D eigenvalue weighted by Gasteiger charge is 2.36. The van der Waals surface area contributed by atoms with Gasteiger partial charge in [0.25, 0.3) is 11.1 Å². The molecule has 0 N–H and O–H groups in total. The Morgan fingerprint density at radius 3 is 2.45 bits per heavy atom. The Bertz CT molecular complexity index is 1010. The first-order valence-corrected chi connectivity index (χ1v) is 12.4. The predicted octanol–water partition coefficient (Wildman–Crippen LogP) is 4.99. The van der Waals surface area contributed by atoms with Gasteiger partial charge in [0.2, 0.25) is 0 Å². The number of piperazine rings is 1. The van der Waals surface area contributed by atoms with Crippen LogP contribution in [0.25, 0.3) is 6.08 Å². The zero-order chi connectivity index (χ0) is 23.2. The van der Waals surface area contributed by atoms with Crippen LogP contribution in [0.1, 0.15) is 30.9 Å². The van der Waals surface area contributed by atoms with Gasteiger partial charge < -0.3 is 9.64 Å². The number of para-hydroxylation sites is 1.